The Labute approximate surface area is 116 Å². The Bertz CT molecular complexity index is 175. The van der Waals surface area contributed by atoms with Gasteiger partial charge in [0.15, 0.2) is 5.96 Å². The SMILES string of the molecule is CCOCCCN=C(N)NCCC(C)C.I. The van der Waals surface area contributed by atoms with Crippen LogP contribution in [0.15, 0.2) is 4.99 Å². The molecule has 0 spiro atoms. The van der Waals surface area contributed by atoms with Crippen molar-refractivity contribution in [2.45, 2.75) is 33.6 Å². The number of hydrogen-bond donors (Lipinski definition) is 2. The van der Waals surface area contributed by atoms with Gasteiger partial charge in [-0.2, -0.15) is 0 Å². The van der Waals surface area contributed by atoms with E-state index in [0.717, 1.165) is 39.1 Å². The van der Waals surface area contributed by atoms with Crippen LogP contribution in [0.5, 0.6) is 0 Å². The van der Waals surface area contributed by atoms with Crippen LogP contribution in [0.4, 0.5) is 0 Å². The molecule has 16 heavy (non-hydrogen) atoms. The molecule has 0 radical (unpaired) electrons. The summed E-state index contributed by atoms with van der Waals surface area (Å²) in [6.07, 6.45) is 2.05. The molecular weight excluding hydrogens is 317 g/mol. The summed E-state index contributed by atoms with van der Waals surface area (Å²) in [5.41, 5.74) is 5.67. The van der Waals surface area contributed by atoms with Crippen molar-refractivity contribution in [3.63, 3.8) is 0 Å². The molecule has 0 saturated heterocycles. The van der Waals surface area contributed by atoms with Crippen LogP contribution in [0.25, 0.3) is 0 Å². The highest BCUT2D eigenvalue weighted by molar-refractivity contribution is 14.0. The van der Waals surface area contributed by atoms with Crippen molar-refractivity contribution in [2.24, 2.45) is 16.6 Å². The molecule has 0 aromatic rings. The van der Waals surface area contributed by atoms with Crippen LogP contribution in [-0.4, -0.2) is 32.3 Å². The summed E-state index contributed by atoms with van der Waals surface area (Å²) in [7, 11) is 0. The maximum atomic E-state index is 5.67. The average molecular weight is 343 g/mol. The minimum absolute atomic E-state index is 0. The number of hydrogen-bond acceptors (Lipinski definition) is 2. The van der Waals surface area contributed by atoms with Crippen LogP contribution in [0.1, 0.15) is 33.6 Å². The standard InChI is InChI=1S/C11H25N3O.HI/c1-4-15-9-5-7-13-11(12)14-8-6-10(2)3;/h10H,4-9H2,1-3H3,(H3,12,13,14);1H. The summed E-state index contributed by atoms with van der Waals surface area (Å²) in [5, 5.41) is 3.09. The maximum absolute atomic E-state index is 5.67. The molecule has 0 aromatic heterocycles. The molecule has 0 aromatic carbocycles. The van der Waals surface area contributed by atoms with E-state index in [1.165, 1.54) is 0 Å². The lowest BCUT2D eigenvalue weighted by Crippen LogP contribution is -2.33. The third-order valence-electron chi connectivity index (χ3n) is 1.96. The summed E-state index contributed by atoms with van der Waals surface area (Å²) >= 11 is 0. The van der Waals surface area contributed by atoms with E-state index in [0.29, 0.717) is 11.9 Å². The van der Waals surface area contributed by atoms with Gasteiger partial charge >= 0.3 is 0 Å². The maximum Gasteiger partial charge on any atom is 0.188 e. The molecule has 0 amide bonds. The van der Waals surface area contributed by atoms with Gasteiger partial charge in [0.2, 0.25) is 0 Å². The number of nitrogens with two attached hydrogens (primary N) is 1. The van der Waals surface area contributed by atoms with Crippen LogP contribution in [0, 0.1) is 5.92 Å². The van der Waals surface area contributed by atoms with Gasteiger partial charge in [0.25, 0.3) is 0 Å². The molecule has 0 aliphatic rings. The van der Waals surface area contributed by atoms with Gasteiger partial charge in [-0.3, -0.25) is 4.99 Å². The normalized spacial score (nSPS) is 11.4. The first-order valence-corrected chi connectivity index (χ1v) is 5.78. The number of ether oxygens (including phenoxy) is 1. The minimum atomic E-state index is 0. The van der Waals surface area contributed by atoms with Crippen LogP contribution >= 0.6 is 24.0 Å². The van der Waals surface area contributed by atoms with Crippen molar-refractivity contribution in [2.75, 3.05) is 26.3 Å². The second-order valence-corrected chi connectivity index (χ2v) is 3.93. The number of halogens is 1. The van der Waals surface area contributed by atoms with E-state index in [-0.39, 0.29) is 24.0 Å². The molecule has 0 aliphatic heterocycles. The topological polar surface area (TPSA) is 59.6 Å². The van der Waals surface area contributed by atoms with Gasteiger partial charge in [-0.25, -0.2) is 0 Å². The number of guanidine groups is 1. The van der Waals surface area contributed by atoms with Crippen molar-refractivity contribution in [1.29, 1.82) is 0 Å². The zero-order valence-electron chi connectivity index (χ0n) is 10.7. The second-order valence-electron chi connectivity index (χ2n) is 3.93. The van der Waals surface area contributed by atoms with Gasteiger partial charge in [-0.15, -0.1) is 24.0 Å². The molecule has 0 saturated carbocycles. The molecule has 0 fully saturated rings. The van der Waals surface area contributed by atoms with Crippen LogP contribution in [0.3, 0.4) is 0 Å². The number of rotatable bonds is 8. The zero-order valence-corrected chi connectivity index (χ0v) is 13.0. The van der Waals surface area contributed by atoms with Crippen LogP contribution < -0.4 is 11.1 Å². The Morgan fingerprint density at radius 2 is 2.12 bits per heavy atom. The Balaban J connectivity index is 0. The lowest BCUT2D eigenvalue weighted by atomic mass is 10.1. The summed E-state index contributed by atoms with van der Waals surface area (Å²) in [6, 6.07) is 0. The zero-order chi connectivity index (χ0) is 11.5. The van der Waals surface area contributed by atoms with Gasteiger partial charge in [0.1, 0.15) is 0 Å². The highest BCUT2D eigenvalue weighted by Crippen LogP contribution is 1.95. The highest BCUT2D eigenvalue weighted by Gasteiger charge is 1.94. The summed E-state index contributed by atoms with van der Waals surface area (Å²) in [6.45, 7) is 9.55. The molecule has 98 valence electrons. The van der Waals surface area contributed by atoms with E-state index >= 15 is 0 Å². The molecule has 5 heteroatoms. The molecular formula is C11H26IN3O. The third kappa shape index (κ3) is 14.0. The molecule has 4 nitrogen and oxygen atoms in total. The summed E-state index contributed by atoms with van der Waals surface area (Å²) in [5.74, 6) is 1.25. The molecule has 0 unspecified atom stereocenters. The third-order valence-corrected chi connectivity index (χ3v) is 1.96. The van der Waals surface area contributed by atoms with Crippen molar-refractivity contribution >= 4 is 29.9 Å². The molecule has 0 heterocycles. The van der Waals surface area contributed by atoms with Gasteiger partial charge in [-0.05, 0) is 25.7 Å². The number of aliphatic imine (C=N–C) groups is 1. The monoisotopic (exact) mass is 343 g/mol. The quantitative estimate of drug-likeness (QED) is 0.307. The van der Waals surface area contributed by atoms with Crippen LogP contribution in [0.2, 0.25) is 0 Å². The Kier molecular flexibility index (Phi) is 14.9. The molecule has 3 N–H and O–H groups in total. The van der Waals surface area contributed by atoms with E-state index in [2.05, 4.69) is 24.2 Å². The van der Waals surface area contributed by atoms with E-state index < -0.39 is 0 Å². The fourth-order valence-corrected chi connectivity index (χ4v) is 1.06. The summed E-state index contributed by atoms with van der Waals surface area (Å²) in [4.78, 5) is 4.20. The van der Waals surface area contributed by atoms with Crippen LogP contribution in [-0.2, 0) is 4.74 Å². The molecule has 0 rings (SSSR count). The highest BCUT2D eigenvalue weighted by atomic mass is 127. The first-order chi connectivity index (χ1) is 7.16. The van der Waals surface area contributed by atoms with Gasteiger partial charge in [-0.1, -0.05) is 13.8 Å². The molecule has 0 atom stereocenters. The lowest BCUT2D eigenvalue weighted by Gasteiger charge is -2.07. The molecule has 0 aliphatic carbocycles. The van der Waals surface area contributed by atoms with E-state index in [9.17, 15) is 0 Å². The summed E-state index contributed by atoms with van der Waals surface area (Å²) < 4.78 is 5.20. The largest absolute Gasteiger partial charge is 0.382 e. The fraction of sp³-hybridized carbons (Fsp3) is 0.909. The van der Waals surface area contributed by atoms with Gasteiger partial charge < -0.3 is 15.8 Å². The second kappa shape index (κ2) is 13.0. The number of nitrogens with one attached hydrogen (secondary N) is 1. The lowest BCUT2D eigenvalue weighted by molar-refractivity contribution is 0.146. The number of nitrogens with zero attached hydrogens (tertiary/aromatic N) is 1. The Hall–Kier alpha value is -0.0400. The van der Waals surface area contributed by atoms with Crippen molar-refractivity contribution in [3.05, 3.63) is 0 Å². The minimum Gasteiger partial charge on any atom is -0.382 e. The van der Waals surface area contributed by atoms with E-state index in [1.807, 2.05) is 6.92 Å². The van der Waals surface area contributed by atoms with Crippen molar-refractivity contribution in [1.82, 2.24) is 5.32 Å². The predicted octanol–water partition coefficient (Wildman–Crippen LogP) is 1.98. The first-order valence-electron chi connectivity index (χ1n) is 5.78. The fourth-order valence-electron chi connectivity index (χ4n) is 1.06. The van der Waals surface area contributed by atoms with Gasteiger partial charge in [0, 0.05) is 26.3 Å². The Morgan fingerprint density at radius 3 is 2.69 bits per heavy atom. The van der Waals surface area contributed by atoms with Gasteiger partial charge in [0.05, 0.1) is 0 Å². The first kappa shape index (κ1) is 18.3. The van der Waals surface area contributed by atoms with E-state index in [1.54, 1.807) is 0 Å². The smallest absolute Gasteiger partial charge is 0.188 e. The van der Waals surface area contributed by atoms with E-state index in [4.69, 9.17) is 10.5 Å². The molecule has 0 bridgehead atoms. The van der Waals surface area contributed by atoms with Crippen molar-refractivity contribution in [3.8, 4) is 0 Å². The Morgan fingerprint density at radius 1 is 1.44 bits per heavy atom. The van der Waals surface area contributed by atoms with Crippen molar-refractivity contribution < 1.29 is 4.74 Å². The average Bonchev–Trinajstić information content (AvgIpc) is 2.17. The predicted molar refractivity (Wildman–Crippen MR) is 80.5 cm³/mol.